The van der Waals surface area contributed by atoms with E-state index in [4.69, 9.17) is 10.6 Å². The van der Waals surface area contributed by atoms with Crippen LogP contribution in [0.15, 0.2) is 66.7 Å². The normalized spacial score (nSPS) is 16.8. The van der Waals surface area contributed by atoms with Gasteiger partial charge in [-0.15, -0.1) is 0 Å². The van der Waals surface area contributed by atoms with Gasteiger partial charge in [0.25, 0.3) is 0 Å². The zero-order chi connectivity index (χ0) is 25.7. The number of nitrogens with one attached hydrogen (secondary N) is 1. The van der Waals surface area contributed by atoms with E-state index in [0.29, 0.717) is 24.1 Å². The molecule has 1 unspecified atom stereocenters. The van der Waals surface area contributed by atoms with E-state index < -0.39 is 29.7 Å². The summed E-state index contributed by atoms with van der Waals surface area (Å²) < 4.78 is 27.0. The first-order valence-corrected chi connectivity index (χ1v) is 12.1. The first-order chi connectivity index (χ1) is 17.3. The van der Waals surface area contributed by atoms with Gasteiger partial charge in [-0.25, -0.2) is 18.6 Å². The van der Waals surface area contributed by atoms with E-state index in [0.717, 1.165) is 29.3 Å². The molecule has 3 atom stereocenters. The number of hydroxylamine groups is 1. The molecular formula is C28H31F2N3O3. The largest absolute Gasteiger partial charge is 0.390 e. The van der Waals surface area contributed by atoms with Crippen LogP contribution in [0, 0.1) is 11.6 Å². The van der Waals surface area contributed by atoms with E-state index >= 15 is 0 Å². The second-order valence-electron chi connectivity index (χ2n) is 9.06. The van der Waals surface area contributed by atoms with Crippen molar-refractivity contribution in [1.82, 2.24) is 5.32 Å². The van der Waals surface area contributed by atoms with Crippen LogP contribution >= 0.6 is 0 Å². The number of aliphatic hydroxyl groups is 1. The van der Waals surface area contributed by atoms with Gasteiger partial charge >= 0.3 is 5.97 Å². The van der Waals surface area contributed by atoms with Gasteiger partial charge in [0.05, 0.1) is 23.9 Å². The van der Waals surface area contributed by atoms with Gasteiger partial charge < -0.3 is 21.0 Å². The van der Waals surface area contributed by atoms with E-state index in [2.05, 4.69) is 18.3 Å². The van der Waals surface area contributed by atoms with Crippen LogP contribution in [-0.4, -0.2) is 36.3 Å². The lowest BCUT2D eigenvalue weighted by Crippen LogP contribution is -2.45. The van der Waals surface area contributed by atoms with Crippen molar-refractivity contribution >= 4 is 11.7 Å². The van der Waals surface area contributed by atoms with E-state index in [1.165, 1.54) is 12.1 Å². The maximum Gasteiger partial charge on any atom is 0.363 e. The monoisotopic (exact) mass is 495 g/mol. The number of carbonyl (C=O) groups excluding carboxylic acids is 1. The summed E-state index contributed by atoms with van der Waals surface area (Å²) in [5, 5.41) is 15.6. The summed E-state index contributed by atoms with van der Waals surface area (Å²) in [4.78, 5) is 18.3. The quantitative estimate of drug-likeness (QED) is 0.415. The van der Waals surface area contributed by atoms with E-state index in [9.17, 15) is 18.7 Å². The number of benzene rings is 3. The second-order valence-corrected chi connectivity index (χ2v) is 9.06. The third-order valence-electron chi connectivity index (χ3n) is 6.43. The topological polar surface area (TPSA) is 87.8 Å². The van der Waals surface area contributed by atoms with Gasteiger partial charge in [0.1, 0.15) is 11.6 Å². The van der Waals surface area contributed by atoms with E-state index in [1.807, 2.05) is 18.2 Å². The van der Waals surface area contributed by atoms with Crippen LogP contribution in [0.4, 0.5) is 14.5 Å². The lowest BCUT2D eigenvalue weighted by Gasteiger charge is -2.35. The molecule has 4 rings (SSSR count). The molecular weight excluding hydrogens is 464 g/mol. The molecule has 3 aromatic carbocycles. The number of hydrogen-bond acceptors (Lipinski definition) is 6. The Morgan fingerprint density at radius 2 is 1.83 bits per heavy atom. The van der Waals surface area contributed by atoms with Crippen LogP contribution in [0.5, 0.6) is 0 Å². The number of aryl methyl sites for hydroxylation is 1. The van der Waals surface area contributed by atoms with Gasteiger partial charge in [0, 0.05) is 24.7 Å². The lowest BCUT2D eigenvalue weighted by molar-refractivity contribution is 0.0435. The van der Waals surface area contributed by atoms with Crippen LogP contribution in [0.1, 0.15) is 46.4 Å². The van der Waals surface area contributed by atoms with Gasteiger partial charge in [-0.2, -0.15) is 0 Å². The third-order valence-corrected chi connectivity index (χ3v) is 6.43. The van der Waals surface area contributed by atoms with Gasteiger partial charge in [-0.05, 0) is 66.3 Å². The van der Waals surface area contributed by atoms with Crippen molar-refractivity contribution in [1.29, 1.82) is 0 Å². The van der Waals surface area contributed by atoms with Crippen molar-refractivity contribution in [3.8, 4) is 0 Å². The van der Waals surface area contributed by atoms with Crippen LogP contribution in [0.25, 0.3) is 0 Å². The Balaban J connectivity index is 1.43. The molecule has 190 valence electrons. The zero-order valence-electron chi connectivity index (χ0n) is 20.2. The number of nitrogens with two attached hydrogens (primary N) is 1. The molecule has 0 aromatic heterocycles. The fourth-order valence-corrected chi connectivity index (χ4v) is 4.44. The fraction of sp³-hybridized carbons (Fsp3) is 0.321. The fourth-order valence-electron chi connectivity index (χ4n) is 4.44. The Labute approximate surface area is 209 Å². The number of rotatable bonds is 9. The molecule has 36 heavy (non-hydrogen) atoms. The van der Waals surface area contributed by atoms with Crippen molar-refractivity contribution < 1.29 is 23.5 Å². The van der Waals surface area contributed by atoms with E-state index in [1.54, 1.807) is 29.3 Å². The summed E-state index contributed by atoms with van der Waals surface area (Å²) in [5.41, 5.74) is 9.90. The molecule has 3 aromatic rings. The molecule has 1 heterocycles. The molecule has 0 radical (unpaired) electrons. The summed E-state index contributed by atoms with van der Waals surface area (Å²) in [5.74, 6) is -1.77. The van der Waals surface area contributed by atoms with Crippen LogP contribution < -0.4 is 16.1 Å². The van der Waals surface area contributed by atoms with Crippen molar-refractivity contribution in [2.24, 2.45) is 5.73 Å². The number of nitrogens with zero attached hydrogens (tertiary/aromatic N) is 1. The Morgan fingerprint density at radius 1 is 1.11 bits per heavy atom. The summed E-state index contributed by atoms with van der Waals surface area (Å²) in [6.07, 6.45) is 0.700. The highest BCUT2D eigenvalue weighted by Crippen LogP contribution is 2.35. The highest BCUT2D eigenvalue weighted by Gasteiger charge is 2.29. The minimum atomic E-state index is -0.928. The van der Waals surface area contributed by atoms with Crippen molar-refractivity contribution in [3.05, 3.63) is 101 Å². The van der Waals surface area contributed by atoms with Gasteiger partial charge in [0.2, 0.25) is 0 Å². The Bertz CT molecular complexity index is 1170. The van der Waals surface area contributed by atoms with Crippen molar-refractivity contribution in [2.45, 2.75) is 44.4 Å². The van der Waals surface area contributed by atoms with Crippen LogP contribution in [0.2, 0.25) is 0 Å². The second kappa shape index (κ2) is 11.6. The number of halogens is 2. The minimum Gasteiger partial charge on any atom is -0.390 e. The average molecular weight is 496 g/mol. The maximum atomic E-state index is 13.5. The van der Waals surface area contributed by atoms with Crippen molar-refractivity contribution in [2.75, 3.05) is 18.2 Å². The van der Waals surface area contributed by atoms with Gasteiger partial charge in [-0.3, -0.25) is 0 Å². The molecule has 8 heteroatoms. The summed E-state index contributed by atoms with van der Waals surface area (Å²) in [6.45, 7) is 2.74. The van der Waals surface area contributed by atoms with Crippen molar-refractivity contribution in [3.63, 3.8) is 0 Å². The molecule has 0 spiro atoms. The number of carbonyl (C=O) groups is 1. The maximum absolute atomic E-state index is 13.5. The van der Waals surface area contributed by atoms with Crippen LogP contribution in [-0.2, 0) is 17.7 Å². The standard InChI is InChI=1S/C28H31F2N3O3/c1-2-18-8-9-26-23(14-18)25(10-11-33(26)36-28(35)20-6-4-3-5-7-20)32-17-27(34)24(31)15-19-12-21(29)16-22(30)13-19/h3-9,12-14,16,24-25,27,32,34H,2,10-11,15,17,31H2,1H3/t24-,25?,27+/m0/s1. The van der Waals surface area contributed by atoms with Gasteiger partial charge in [0.15, 0.2) is 0 Å². The summed E-state index contributed by atoms with van der Waals surface area (Å²) in [7, 11) is 0. The smallest absolute Gasteiger partial charge is 0.363 e. The molecule has 6 nitrogen and oxygen atoms in total. The SMILES string of the molecule is CCc1ccc2c(c1)C(NC[C@@H](O)[C@@H](N)Cc1cc(F)cc(F)c1)CCN2OC(=O)c1ccccc1. The molecule has 0 amide bonds. The molecule has 4 N–H and O–H groups in total. The number of fused-ring (bicyclic) bond motifs is 1. The highest BCUT2D eigenvalue weighted by molar-refractivity contribution is 5.90. The number of aliphatic hydroxyl groups excluding tert-OH is 1. The predicted octanol–water partition coefficient (Wildman–Crippen LogP) is 4.07. The number of anilines is 1. The van der Waals surface area contributed by atoms with Gasteiger partial charge in [-0.1, -0.05) is 37.3 Å². The lowest BCUT2D eigenvalue weighted by atomic mass is 9.94. The Hall–Kier alpha value is -3.33. The first-order valence-electron chi connectivity index (χ1n) is 12.1. The number of hydrogen-bond donors (Lipinski definition) is 3. The predicted molar refractivity (Wildman–Crippen MR) is 134 cm³/mol. The summed E-state index contributed by atoms with van der Waals surface area (Å²) >= 11 is 0. The Kier molecular flexibility index (Phi) is 8.30. The Morgan fingerprint density at radius 3 is 2.53 bits per heavy atom. The molecule has 0 fully saturated rings. The molecule has 0 bridgehead atoms. The minimum absolute atomic E-state index is 0.0911. The van der Waals surface area contributed by atoms with Crippen LogP contribution in [0.3, 0.4) is 0 Å². The molecule has 1 aliphatic heterocycles. The highest BCUT2D eigenvalue weighted by atomic mass is 19.1. The third kappa shape index (κ3) is 6.26. The molecule has 0 saturated carbocycles. The summed E-state index contributed by atoms with van der Waals surface area (Å²) in [6, 6.07) is 17.3. The average Bonchev–Trinajstić information content (AvgIpc) is 2.87. The molecule has 1 aliphatic rings. The first kappa shape index (κ1) is 25.8. The molecule has 0 aliphatic carbocycles. The molecule has 0 saturated heterocycles. The zero-order valence-corrected chi connectivity index (χ0v) is 20.2. The van der Waals surface area contributed by atoms with E-state index in [-0.39, 0.29) is 19.0 Å².